The van der Waals surface area contributed by atoms with Gasteiger partial charge in [0.25, 0.3) is 0 Å². The molecule has 174 valence electrons. The van der Waals surface area contributed by atoms with Crippen molar-refractivity contribution in [1.82, 2.24) is 15.5 Å². The summed E-state index contributed by atoms with van der Waals surface area (Å²) in [6.45, 7) is 13.5. The molecule has 2 atom stereocenters. The summed E-state index contributed by atoms with van der Waals surface area (Å²) >= 11 is 0. The first kappa shape index (κ1) is 26.5. The standard InChI is InChI=1S/C24H39N3O4/c1-8-10-15-25-22(29)21(19-14-12-11-13-17(19)3)27(18(4)9-2)20(28)16-26-23(30)31-24(5,6)7/h11-14,18,21H,8-10,15-16H2,1-7H3,(H,25,29)(H,26,30). The predicted molar refractivity (Wildman–Crippen MR) is 123 cm³/mol. The molecule has 0 saturated heterocycles. The maximum Gasteiger partial charge on any atom is 0.408 e. The van der Waals surface area contributed by atoms with Crippen LogP contribution in [0.1, 0.15) is 78.0 Å². The first-order valence-corrected chi connectivity index (χ1v) is 11.1. The van der Waals surface area contributed by atoms with Gasteiger partial charge in [0.15, 0.2) is 0 Å². The number of carbonyl (C=O) groups excluding carboxylic acids is 3. The number of alkyl carbamates (subject to hydrolysis) is 1. The van der Waals surface area contributed by atoms with Gasteiger partial charge in [-0.05, 0) is 58.6 Å². The summed E-state index contributed by atoms with van der Waals surface area (Å²) in [6.07, 6.45) is 1.83. The van der Waals surface area contributed by atoms with E-state index in [0.717, 1.165) is 24.0 Å². The summed E-state index contributed by atoms with van der Waals surface area (Å²) in [5.74, 6) is -0.548. The van der Waals surface area contributed by atoms with Gasteiger partial charge in [0, 0.05) is 12.6 Å². The molecular weight excluding hydrogens is 394 g/mol. The minimum absolute atomic E-state index is 0.200. The van der Waals surface area contributed by atoms with E-state index in [0.29, 0.717) is 13.0 Å². The van der Waals surface area contributed by atoms with Crippen LogP contribution in [-0.2, 0) is 14.3 Å². The van der Waals surface area contributed by atoms with Crippen LogP contribution in [0.5, 0.6) is 0 Å². The molecule has 0 radical (unpaired) electrons. The number of ether oxygens (including phenoxy) is 1. The lowest BCUT2D eigenvalue weighted by Crippen LogP contribution is -2.51. The van der Waals surface area contributed by atoms with Gasteiger partial charge in [0.2, 0.25) is 11.8 Å². The Morgan fingerprint density at radius 2 is 1.74 bits per heavy atom. The molecule has 0 fully saturated rings. The van der Waals surface area contributed by atoms with Crippen molar-refractivity contribution in [3.05, 3.63) is 35.4 Å². The van der Waals surface area contributed by atoms with E-state index in [4.69, 9.17) is 4.74 Å². The van der Waals surface area contributed by atoms with Gasteiger partial charge in [-0.15, -0.1) is 0 Å². The number of nitrogens with zero attached hydrogens (tertiary/aromatic N) is 1. The molecule has 0 bridgehead atoms. The monoisotopic (exact) mass is 433 g/mol. The zero-order valence-corrected chi connectivity index (χ0v) is 20.1. The Labute approximate surface area is 186 Å². The maximum atomic E-state index is 13.2. The normalized spacial score (nSPS) is 13.1. The van der Waals surface area contributed by atoms with Gasteiger partial charge in [-0.2, -0.15) is 0 Å². The summed E-state index contributed by atoms with van der Waals surface area (Å²) in [5.41, 5.74) is 1.05. The lowest BCUT2D eigenvalue weighted by atomic mass is 9.97. The van der Waals surface area contributed by atoms with E-state index in [1.807, 2.05) is 45.0 Å². The molecule has 1 aromatic carbocycles. The summed E-state index contributed by atoms with van der Waals surface area (Å²) in [5, 5.41) is 5.50. The number of hydrogen-bond acceptors (Lipinski definition) is 4. The summed E-state index contributed by atoms with van der Waals surface area (Å²) in [4.78, 5) is 40.1. The van der Waals surface area contributed by atoms with E-state index >= 15 is 0 Å². The van der Waals surface area contributed by atoms with Gasteiger partial charge in [-0.1, -0.05) is 44.5 Å². The van der Waals surface area contributed by atoms with Crippen molar-refractivity contribution in [2.24, 2.45) is 0 Å². The number of hydrogen-bond donors (Lipinski definition) is 2. The van der Waals surface area contributed by atoms with Crippen LogP contribution in [0.4, 0.5) is 4.79 Å². The second kappa shape index (κ2) is 12.3. The molecule has 7 nitrogen and oxygen atoms in total. The van der Waals surface area contributed by atoms with E-state index in [2.05, 4.69) is 17.6 Å². The van der Waals surface area contributed by atoms with Crippen molar-refractivity contribution < 1.29 is 19.1 Å². The maximum absolute atomic E-state index is 13.2. The molecule has 1 aromatic rings. The highest BCUT2D eigenvalue weighted by Gasteiger charge is 2.35. The van der Waals surface area contributed by atoms with E-state index in [9.17, 15) is 14.4 Å². The second-order valence-electron chi connectivity index (χ2n) is 8.82. The third-order valence-corrected chi connectivity index (χ3v) is 4.98. The highest BCUT2D eigenvalue weighted by atomic mass is 16.6. The lowest BCUT2D eigenvalue weighted by molar-refractivity contribution is -0.142. The number of amides is 3. The third-order valence-electron chi connectivity index (χ3n) is 4.98. The van der Waals surface area contributed by atoms with Crippen LogP contribution in [0, 0.1) is 6.92 Å². The van der Waals surface area contributed by atoms with Crippen molar-refractivity contribution in [3.8, 4) is 0 Å². The van der Waals surface area contributed by atoms with Crippen molar-refractivity contribution in [2.75, 3.05) is 13.1 Å². The van der Waals surface area contributed by atoms with Crippen LogP contribution in [0.3, 0.4) is 0 Å². The van der Waals surface area contributed by atoms with Crippen LogP contribution in [0.2, 0.25) is 0 Å². The molecular formula is C24H39N3O4. The largest absolute Gasteiger partial charge is 0.444 e. The lowest BCUT2D eigenvalue weighted by Gasteiger charge is -2.36. The molecule has 7 heteroatoms. The first-order chi connectivity index (χ1) is 14.5. The topological polar surface area (TPSA) is 87.7 Å². The average molecular weight is 434 g/mol. The molecule has 0 aliphatic carbocycles. The van der Waals surface area contributed by atoms with E-state index in [1.165, 1.54) is 0 Å². The van der Waals surface area contributed by atoms with Crippen molar-refractivity contribution in [3.63, 3.8) is 0 Å². The Kier molecular flexibility index (Phi) is 10.5. The van der Waals surface area contributed by atoms with Crippen LogP contribution in [-0.4, -0.2) is 47.5 Å². The SMILES string of the molecule is CCCCNC(=O)C(c1ccccc1C)N(C(=O)CNC(=O)OC(C)(C)C)C(C)CC. The molecule has 3 amide bonds. The number of unbranched alkanes of at least 4 members (excludes halogenated alkanes) is 1. The fourth-order valence-corrected chi connectivity index (χ4v) is 3.19. The minimum Gasteiger partial charge on any atom is -0.444 e. The molecule has 0 heterocycles. The summed E-state index contributed by atoms with van der Waals surface area (Å²) in [6, 6.07) is 6.61. The van der Waals surface area contributed by atoms with Crippen LogP contribution in [0.25, 0.3) is 0 Å². The van der Waals surface area contributed by atoms with Gasteiger partial charge >= 0.3 is 6.09 Å². The number of carbonyl (C=O) groups is 3. The Hall–Kier alpha value is -2.57. The zero-order chi connectivity index (χ0) is 23.6. The zero-order valence-electron chi connectivity index (χ0n) is 20.1. The number of aryl methyl sites for hydroxylation is 1. The van der Waals surface area contributed by atoms with Crippen molar-refractivity contribution in [2.45, 2.75) is 85.4 Å². The first-order valence-electron chi connectivity index (χ1n) is 11.1. The second-order valence-corrected chi connectivity index (χ2v) is 8.82. The number of nitrogens with one attached hydrogen (secondary N) is 2. The number of benzene rings is 1. The minimum atomic E-state index is -0.777. The van der Waals surface area contributed by atoms with Crippen LogP contribution < -0.4 is 10.6 Å². The highest BCUT2D eigenvalue weighted by molar-refractivity contribution is 5.90. The van der Waals surface area contributed by atoms with E-state index < -0.39 is 17.7 Å². The summed E-state index contributed by atoms with van der Waals surface area (Å²) < 4.78 is 5.23. The fourth-order valence-electron chi connectivity index (χ4n) is 3.19. The molecule has 0 saturated carbocycles. The van der Waals surface area contributed by atoms with Gasteiger partial charge in [0.05, 0.1) is 0 Å². The molecule has 0 aliphatic heterocycles. The Morgan fingerprint density at radius 1 is 1.10 bits per heavy atom. The summed E-state index contributed by atoms with van der Waals surface area (Å²) in [7, 11) is 0. The van der Waals surface area contributed by atoms with Gasteiger partial charge in [0.1, 0.15) is 18.2 Å². The molecule has 31 heavy (non-hydrogen) atoms. The van der Waals surface area contributed by atoms with Crippen molar-refractivity contribution in [1.29, 1.82) is 0 Å². The van der Waals surface area contributed by atoms with Crippen LogP contribution >= 0.6 is 0 Å². The van der Waals surface area contributed by atoms with Gasteiger partial charge in [-0.25, -0.2) is 4.79 Å². The average Bonchev–Trinajstić information content (AvgIpc) is 2.69. The smallest absolute Gasteiger partial charge is 0.408 e. The quantitative estimate of drug-likeness (QED) is 0.544. The van der Waals surface area contributed by atoms with Crippen molar-refractivity contribution >= 4 is 17.9 Å². The highest BCUT2D eigenvalue weighted by Crippen LogP contribution is 2.27. The van der Waals surface area contributed by atoms with Gasteiger partial charge < -0.3 is 20.3 Å². The molecule has 0 aromatic heterocycles. The molecule has 2 unspecified atom stereocenters. The van der Waals surface area contributed by atoms with Crippen LogP contribution in [0.15, 0.2) is 24.3 Å². The van der Waals surface area contributed by atoms with Gasteiger partial charge in [-0.3, -0.25) is 9.59 Å². The Bertz CT molecular complexity index is 743. The molecule has 1 rings (SSSR count). The Morgan fingerprint density at radius 3 is 2.29 bits per heavy atom. The van der Waals surface area contributed by atoms with E-state index in [1.54, 1.807) is 25.7 Å². The number of rotatable bonds is 10. The Balaban J connectivity index is 3.19. The predicted octanol–water partition coefficient (Wildman–Crippen LogP) is 4.10. The third kappa shape index (κ3) is 8.59. The molecule has 0 aliphatic rings. The molecule has 2 N–H and O–H groups in total. The molecule has 0 spiro atoms. The fraction of sp³-hybridized carbons (Fsp3) is 0.625. The van der Waals surface area contributed by atoms with E-state index in [-0.39, 0.29) is 24.4 Å².